The molecule has 0 aliphatic carbocycles. The maximum atomic E-state index is 6.16. The van der Waals surface area contributed by atoms with Gasteiger partial charge in [0.15, 0.2) is 0 Å². The number of rotatable bonds is 2. The zero-order valence-electron chi connectivity index (χ0n) is 7.83. The molecule has 0 radical (unpaired) electrons. The van der Waals surface area contributed by atoms with E-state index in [1.807, 2.05) is 18.2 Å². The lowest BCUT2D eigenvalue weighted by Crippen LogP contribution is -2.03. The van der Waals surface area contributed by atoms with E-state index in [9.17, 15) is 0 Å². The molecule has 14 heavy (non-hydrogen) atoms. The van der Waals surface area contributed by atoms with Crippen LogP contribution in [0.3, 0.4) is 0 Å². The Labute approximate surface area is 88.5 Å². The molecule has 0 aliphatic rings. The normalized spacial score (nSPS) is 10.7. The van der Waals surface area contributed by atoms with E-state index in [4.69, 9.17) is 17.3 Å². The van der Waals surface area contributed by atoms with E-state index in [1.165, 1.54) is 10.9 Å². The van der Waals surface area contributed by atoms with Crippen molar-refractivity contribution in [3.8, 4) is 0 Å². The van der Waals surface area contributed by atoms with E-state index >= 15 is 0 Å². The summed E-state index contributed by atoms with van der Waals surface area (Å²) in [5.41, 5.74) is 6.79. The molecule has 0 saturated heterocycles. The molecule has 0 aliphatic heterocycles. The molecule has 2 heteroatoms. The predicted octanol–water partition coefficient (Wildman–Crippen LogP) is 2.99. The topological polar surface area (TPSA) is 26.0 Å². The molecule has 2 aromatic carbocycles. The molecule has 2 rings (SSSR count). The minimum absolute atomic E-state index is 0.657. The molecule has 2 aromatic rings. The fraction of sp³-hybridized carbons (Fsp3) is 0.167. The second-order valence-electron chi connectivity index (χ2n) is 3.29. The van der Waals surface area contributed by atoms with Crippen LogP contribution >= 0.6 is 11.6 Å². The van der Waals surface area contributed by atoms with Crippen LogP contribution in [0.5, 0.6) is 0 Å². The van der Waals surface area contributed by atoms with Crippen LogP contribution in [-0.2, 0) is 6.42 Å². The molecule has 1 nitrogen and oxygen atoms in total. The van der Waals surface area contributed by atoms with Crippen LogP contribution in [0, 0.1) is 0 Å². The lowest BCUT2D eigenvalue weighted by molar-refractivity contribution is 0.977. The Kier molecular flexibility index (Phi) is 2.71. The second-order valence-corrected chi connectivity index (χ2v) is 3.70. The molecule has 0 unspecified atom stereocenters. The van der Waals surface area contributed by atoms with Gasteiger partial charge in [-0.1, -0.05) is 41.9 Å². The lowest BCUT2D eigenvalue weighted by Gasteiger charge is -2.06. The summed E-state index contributed by atoms with van der Waals surface area (Å²) >= 11 is 6.16. The Balaban J connectivity index is 2.71. The quantitative estimate of drug-likeness (QED) is 0.802. The summed E-state index contributed by atoms with van der Waals surface area (Å²) in [5, 5.41) is 3.14. The highest BCUT2D eigenvalue weighted by molar-refractivity contribution is 6.35. The summed E-state index contributed by atoms with van der Waals surface area (Å²) in [6, 6.07) is 12.2. The zero-order valence-corrected chi connectivity index (χ0v) is 8.59. The van der Waals surface area contributed by atoms with Crippen molar-refractivity contribution in [2.45, 2.75) is 6.42 Å². The van der Waals surface area contributed by atoms with Gasteiger partial charge in [-0.2, -0.15) is 0 Å². The van der Waals surface area contributed by atoms with Gasteiger partial charge in [-0.05, 0) is 30.0 Å². The summed E-state index contributed by atoms with van der Waals surface area (Å²) < 4.78 is 0. The minimum atomic E-state index is 0.657. The minimum Gasteiger partial charge on any atom is -0.330 e. The van der Waals surface area contributed by atoms with Crippen molar-refractivity contribution in [2.75, 3.05) is 6.54 Å². The van der Waals surface area contributed by atoms with Gasteiger partial charge in [0.05, 0.1) is 0 Å². The molecule has 0 heterocycles. The Morgan fingerprint density at radius 1 is 1.07 bits per heavy atom. The van der Waals surface area contributed by atoms with Gasteiger partial charge in [-0.15, -0.1) is 0 Å². The summed E-state index contributed by atoms with van der Waals surface area (Å²) in [5.74, 6) is 0. The standard InChI is InChI=1S/C12H12ClN/c13-11-6-2-5-9-3-1-4-10(7-8-14)12(9)11/h1-6H,7-8,14H2. The van der Waals surface area contributed by atoms with Gasteiger partial charge in [0.1, 0.15) is 0 Å². The number of nitrogens with two attached hydrogens (primary N) is 1. The van der Waals surface area contributed by atoms with E-state index in [1.54, 1.807) is 0 Å². The van der Waals surface area contributed by atoms with Crippen molar-refractivity contribution >= 4 is 22.4 Å². The summed E-state index contributed by atoms with van der Waals surface area (Å²) in [6.45, 7) is 0.657. The summed E-state index contributed by atoms with van der Waals surface area (Å²) in [4.78, 5) is 0. The number of benzene rings is 2. The molecule has 0 amide bonds. The van der Waals surface area contributed by atoms with Crippen LogP contribution in [0.4, 0.5) is 0 Å². The Hall–Kier alpha value is -1.05. The molecule has 0 spiro atoms. The van der Waals surface area contributed by atoms with Gasteiger partial charge in [-0.25, -0.2) is 0 Å². The number of hydrogen-bond donors (Lipinski definition) is 1. The first-order chi connectivity index (χ1) is 6.83. The molecular weight excluding hydrogens is 194 g/mol. The maximum absolute atomic E-state index is 6.16. The van der Waals surface area contributed by atoms with Gasteiger partial charge in [-0.3, -0.25) is 0 Å². The van der Waals surface area contributed by atoms with Crippen LogP contribution in [-0.4, -0.2) is 6.54 Å². The van der Waals surface area contributed by atoms with Gasteiger partial charge in [0, 0.05) is 10.4 Å². The Morgan fingerprint density at radius 2 is 1.79 bits per heavy atom. The monoisotopic (exact) mass is 205 g/mol. The highest BCUT2D eigenvalue weighted by atomic mass is 35.5. The van der Waals surface area contributed by atoms with Gasteiger partial charge >= 0.3 is 0 Å². The van der Waals surface area contributed by atoms with Crippen LogP contribution < -0.4 is 5.73 Å². The first-order valence-electron chi connectivity index (χ1n) is 4.69. The van der Waals surface area contributed by atoms with Crippen molar-refractivity contribution < 1.29 is 0 Å². The van der Waals surface area contributed by atoms with E-state index in [2.05, 4.69) is 18.2 Å². The first-order valence-corrected chi connectivity index (χ1v) is 5.07. The van der Waals surface area contributed by atoms with Crippen molar-refractivity contribution in [1.82, 2.24) is 0 Å². The fourth-order valence-electron chi connectivity index (χ4n) is 1.73. The average Bonchev–Trinajstić information content (AvgIpc) is 2.19. The maximum Gasteiger partial charge on any atom is 0.0487 e. The lowest BCUT2D eigenvalue weighted by atomic mass is 10.0. The molecule has 0 atom stereocenters. The molecule has 0 fully saturated rings. The van der Waals surface area contributed by atoms with E-state index in [0.717, 1.165) is 16.8 Å². The molecule has 72 valence electrons. The number of hydrogen-bond acceptors (Lipinski definition) is 1. The Morgan fingerprint density at radius 3 is 2.50 bits per heavy atom. The van der Waals surface area contributed by atoms with Crippen molar-refractivity contribution in [2.24, 2.45) is 5.73 Å². The van der Waals surface area contributed by atoms with Crippen LogP contribution in [0.2, 0.25) is 5.02 Å². The molecule has 0 saturated carbocycles. The van der Waals surface area contributed by atoms with Crippen LogP contribution in [0.1, 0.15) is 5.56 Å². The third-order valence-electron chi connectivity index (χ3n) is 2.35. The van der Waals surface area contributed by atoms with Gasteiger partial charge in [0.25, 0.3) is 0 Å². The molecule has 0 bridgehead atoms. The molecule has 2 N–H and O–H groups in total. The largest absolute Gasteiger partial charge is 0.330 e. The number of halogens is 1. The van der Waals surface area contributed by atoms with E-state index in [-0.39, 0.29) is 0 Å². The SMILES string of the molecule is NCCc1cccc2cccc(Cl)c12. The third kappa shape index (κ3) is 1.61. The zero-order chi connectivity index (χ0) is 9.97. The highest BCUT2D eigenvalue weighted by Gasteiger charge is 2.03. The second kappa shape index (κ2) is 3.99. The van der Waals surface area contributed by atoms with Crippen molar-refractivity contribution in [1.29, 1.82) is 0 Å². The first kappa shape index (κ1) is 9.50. The van der Waals surface area contributed by atoms with Crippen molar-refractivity contribution in [3.63, 3.8) is 0 Å². The van der Waals surface area contributed by atoms with Crippen LogP contribution in [0.15, 0.2) is 36.4 Å². The average molecular weight is 206 g/mol. The summed E-state index contributed by atoms with van der Waals surface area (Å²) in [7, 11) is 0. The summed E-state index contributed by atoms with van der Waals surface area (Å²) in [6.07, 6.45) is 0.876. The third-order valence-corrected chi connectivity index (χ3v) is 2.67. The predicted molar refractivity (Wildman–Crippen MR) is 61.7 cm³/mol. The van der Waals surface area contributed by atoms with Crippen molar-refractivity contribution in [3.05, 3.63) is 47.0 Å². The molecule has 0 aromatic heterocycles. The van der Waals surface area contributed by atoms with E-state index in [0.29, 0.717) is 6.54 Å². The highest BCUT2D eigenvalue weighted by Crippen LogP contribution is 2.26. The Bertz CT molecular complexity index is 446. The van der Waals surface area contributed by atoms with Gasteiger partial charge in [0.2, 0.25) is 0 Å². The van der Waals surface area contributed by atoms with E-state index < -0.39 is 0 Å². The molecular formula is C12H12ClN. The number of fused-ring (bicyclic) bond motifs is 1. The fourth-order valence-corrected chi connectivity index (χ4v) is 2.04. The van der Waals surface area contributed by atoms with Crippen LogP contribution in [0.25, 0.3) is 10.8 Å². The van der Waals surface area contributed by atoms with Gasteiger partial charge < -0.3 is 5.73 Å². The smallest absolute Gasteiger partial charge is 0.0487 e.